The van der Waals surface area contributed by atoms with E-state index >= 15 is 0 Å². The Hall–Kier alpha value is -2.76. The Labute approximate surface area is 134 Å². The molecule has 120 valence electrons. The number of furan rings is 1. The van der Waals surface area contributed by atoms with E-state index < -0.39 is 6.09 Å². The van der Waals surface area contributed by atoms with Crippen molar-refractivity contribution in [2.24, 2.45) is 0 Å². The highest BCUT2D eigenvalue weighted by Gasteiger charge is 2.23. The van der Waals surface area contributed by atoms with E-state index in [1.54, 1.807) is 24.0 Å². The highest BCUT2D eigenvalue weighted by Crippen LogP contribution is 2.24. The summed E-state index contributed by atoms with van der Waals surface area (Å²) in [5.41, 5.74) is 2.86. The van der Waals surface area contributed by atoms with Gasteiger partial charge >= 0.3 is 6.09 Å². The van der Waals surface area contributed by atoms with Crippen LogP contribution < -0.4 is 5.32 Å². The fourth-order valence-corrected chi connectivity index (χ4v) is 2.65. The Bertz CT molecular complexity index is 709. The molecule has 0 radical (unpaired) electrons. The standard InChI is InChI=1S/C17H18N2O4/c1-2-22-17(21)18-14-6-5-12-7-8-19(11-13(12)10-14)16(20)15-4-3-9-23-15/h3-6,9-10H,2,7-8,11H2,1H3,(H,18,21). The molecule has 6 nitrogen and oxygen atoms in total. The molecule has 23 heavy (non-hydrogen) atoms. The van der Waals surface area contributed by atoms with Crippen LogP contribution in [0, 0.1) is 0 Å². The first-order chi connectivity index (χ1) is 11.2. The van der Waals surface area contributed by atoms with Crippen LogP contribution in [0.2, 0.25) is 0 Å². The zero-order valence-corrected chi connectivity index (χ0v) is 12.9. The Balaban J connectivity index is 1.74. The van der Waals surface area contributed by atoms with Crippen LogP contribution in [-0.2, 0) is 17.7 Å². The maximum atomic E-state index is 12.4. The van der Waals surface area contributed by atoms with E-state index in [0.29, 0.717) is 31.1 Å². The molecule has 0 spiro atoms. The van der Waals surface area contributed by atoms with E-state index in [1.165, 1.54) is 11.8 Å². The molecule has 0 aliphatic carbocycles. The largest absolute Gasteiger partial charge is 0.459 e. The Morgan fingerprint density at radius 2 is 2.17 bits per heavy atom. The highest BCUT2D eigenvalue weighted by atomic mass is 16.5. The molecule has 3 rings (SSSR count). The molecule has 1 N–H and O–H groups in total. The van der Waals surface area contributed by atoms with Crippen LogP contribution in [0.1, 0.15) is 28.6 Å². The Morgan fingerprint density at radius 3 is 2.91 bits per heavy atom. The first kappa shape index (κ1) is 15.1. The average Bonchev–Trinajstić information content (AvgIpc) is 3.08. The average molecular weight is 314 g/mol. The number of benzene rings is 1. The topological polar surface area (TPSA) is 71.8 Å². The highest BCUT2D eigenvalue weighted by molar-refractivity contribution is 5.91. The Kier molecular flexibility index (Phi) is 4.32. The number of fused-ring (bicyclic) bond motifs is 1. The van der Waals surface area contributed by atoms with E-state index in [4.69, 9.17) is 9.15 Å². The van der Waals surface area contributed by atoms with E-state index in [0.717, 1.165) is 12.0 Å². The number of nitrogens with zero attached hydrogens (tertiary/aromatic N) is 1. The molecule has 0 atom stereocenters. The SMILES string of the molecule is CCOC(=O)Nc1ccc2c(c1)CN(C(=O)c1ccco1)CC2. The summed E-state index contributed by atoms with van der Waals surface area (Å²) < 4.78 is 10.0. The van der Waals surface area contributed by atoms with Crippen molar-refractivity contribution in [3.8, 4) is 0 Å². The fraction of sp³-hybridized carbons (Fsp3) is 0.294. The quantitative estimate of drug-likeness (QED) is 0.945. The third-order valence-corrected chi connectivity index (χ3v) is 3.76. The van der Waals surface area contributed by atoms with Crippen LogP contribution in [0.15, 0.2) is 41.0 Å². The first-order valence-electron chi connectivity index (χ1n) is 7.55. The van der Waals surface area contributed by atoms with Gasteiger partial charge in [0.25, 0.3) is 5.91 Å². The summed E-state index contributed by atoms with van der Waals surface area (Å²) in [6, 6.07) is 9.07. The Morgan fingerprint density at radius 1 is 1.30 bits per heavy atom. The van der Waals surface area contributed by atoms with Crippen molar-refractivity contribution >= 4 is 17.7 Å². The number of ether oxygens (including phenoxy) is 1. The maximum Gasteiger partial charge on any atom is 0.411 e. The third kappa shape index (κ3) is 3.36. The zero-order valence-electron chi connectivity index (χ0n) is 12.9. The minimum absolute atomic E-state index is 0.121. The second kappa shape index (κ2) is 6.56. The van der Waals surface area contributed by atoms with Gasteiger partial charge in [-0.25, -0.2) is 4.79 Å². The summed E-state index contributed by atoms with van der Waals surface area (Å²) in [5.74, 6) is 0.221. The number of amides is 2. The van der Waals surface area contributed by atoms with Crippen molar-refractivity contribution in [2.75, 3.05) is 18.5 Å². The summed E-state index contributed by atoms with van der Waals surface area (Å²) in [6.07, 6.45) is 1.79. The fourth-order valence-electron chi connectivity index (χ4n) is 2.65. The lowest BCUT2D eigenvalue weighted by Crippen LogP contribution is -2.35. The third-order valence-electron chi connectivity index (χ3n) is 3.76. The molecule has 0 fully saturated rings. The minimum Gasteiger partial charge on any atom is -0.459 e. The number of carbonyl (C=O) groups excluding carboxylic acids is 2. The van der Waals surface area contributed by atoms with Gasteiger partial charge < -0.3 is 14.1 Å². The van der Waals surface area contributed by atoms with Crippen LogP contribution in [-0.4, -0.2) is 30.1 Å². The summed E-state index contributed by atoms with van der Waals surface area (Å²) in [6.45, 7) is 3.22. The van der Waals surface area contributed by atoms with Gasteiger partial charge in [0.2, 0.25) is 0 Å². The van der Waals surface area contributed by atoms with E-state index in [1.807, 2.05) is 18.2 Å². The summed E-state index contributed by atoms with van der Waals surface area (Å²) in [7, 11) is 0. The van der Waals surface area contributed by atoms with Gasteiger partial charge in [0.1, 0.15) is 0 Å². The zero-order chi connectivity index (χ0) is 16.2. The summed E-state index contributed by atoms with van der Waals surface area (Å²) in [4.78, 5) is 25.6. The van der Waals surface area contributed by atoms with Gasteiger partial charge in [-0.1, -0.05) is 6.07 Å². The van der Waals surface area contributed by atoms with Gasteiger partial charge in [-0.05, 0) is 48.7 Å². The van der Waals surface area contributed by atoms with Crippen LogP contribution in [0.5, 0.6) is 0 Å². The molecule has 1 aromatic carbocycles. The summed E-state index contributed by atoms with van der Waals surface area (Å²) in [5, 5.41) is 2.68. The molecule has 1 aliphatic rings. The molecule has 1 aromatic heterocycles. The molecule has 2 heterocycles. The van der Waals surface area contributed by atoms with Crippen molar-refractivity contribution in [2.45, 2.75) is 19.9 Å². The number of rotatable bonds is 3. The van der Waals surface area contributed by atoms with Gasteiger partial charge in [0.05, 0.1) is 12.9 Å². The first-order valence-corrected chi connectivity index (χ1v) is 7.55. The number of carbonyl (C=O) groups is 2. The van der Waals surface area contributed by atoms with E-state index in [9.17, 15) is 9.59 Å². The van der Waals surface area contributed by atoms with Gasteiger partial charge in [-0.3, -0.25) is 10.1 Å². The molecule has 2 aromatic rings. The van der Waals surface area contributed by atoms with Gasteiger partial charge in [0, 0.05) is 18.8 Å². The van der Waals surface area contributed by atoms with Crippen LogP contribution in [0.4, 0.5) is 10.5 Å². The van der Waals surface area contributed by atoms with Crippen molar-refractivity contribution in [3.63, 3.8) is 0 Å². The molecule has 0 bridgehead atoms. The van der Waals surface area contributed by atoms with Crippen molar-refractivity contribution in [3.05, 3.63) is 53.5 Å². The maximum absolute atomic E-state index is 12.4. The van der Waals surface area contributed by atoms with Gasteiger partial charge in [0.15, 0.2) is 5.76 Å². The van der Waals surface area contributed by atoms with Crippen LogP contribution in [0.25, 0.3) is 0 Å². The van der Waals surface area contributed by atoms with Crippen molar-refractivity contribution in [1.29, 1.82) is 0 Å². The van der Waals surface area contributed by atoms with Crippen LogP contribution >= 0.6 is 0 Å². The van der Waals surface area contributed by atoms with Crippen LogP contribution in [0.3, 0.4) is 0 Å². The number of hydrogen-bond acceptors (Lipinski definition) is 4. The smallest absolute Gasteiger partial charge is 0.411 e. The predicted octanol–water partition coefficient (Wildman–Crippen LogP) is 3.05. The number of nitrogens with one attached hydrogen (secondary N) is 1. The molecule has 0 saturated heterocycles. The second-order valence-corrected chi connectivity index (χ2v) is 5.28. The molecule has 0 saturated carbocycles. The van der Waals surface area contributed by atoms with Gasteiger partial charge in [-0.2, -0.15) is 0 Å². The molecule has 6 heteroatoms. The lowest BCUT2D eigenvalue weighted by molar-refractivity contribution is 0.0702. The van der Waals surface area contributed by atoms with Crippen molar-refractivity contribution < 1.29 is 18.7 Å². The molecular weight excluding hydrogens is 296 g/mol. The minimum atomic E-state index is -0.480. The lowest BCUT2D eigenvalue weighted by Gasteiger charge is -2.28. The second-order valence-electron chi connectivity index (χ2n) is 5.28. The predicted molar refractivity (Wildman–Crippen MR) is 84.2 cm³/mol. The van der Waals surface area contributed by atoms with E-state index in [-0.39, 0.29) is 5.91 Å². The number of hydrogen-bond donors (Lipinski definition) is 1. The number of anilines is 1. The lowest BCUT2D eigenvalue weighted by atomic mass is 9.99. The summed E-state index contributed by atoms with van der Waals surface area (Å²) >= 11 is 0. The molecule has 1 aliphatic heterocycles. The molecule has 2 amide bonds. The van der Waals surface area contributed by atoms with Gasteiger partial charge in [-0.15, -0.1) is 0 Å². The molecular formula is C17H18N2O4. The molecule has 0 unspecified atom stereocenters. The monoisotopic (exact) mass is 314 g/mol. The van der Waals surface area contributed by atoms with E-state index in [2.05, 4.69) is 5.32 Å². The van der Waals surface area contributed by atoms with Crippen molar-refractivity contribution in [1.82, 2.24) is 4.90 Å². The normalized spacial score (nSPS) is 13.3.